The van der Waals surface area contributed by atoms with Crippen molar-refractivity contribution in [3.05, 3.63) is 0 Å². The zero-order chi connectivity index (χ0) is 12.4. The highest BCUT2D eigenvalue weighted by Crippen LogP contribution is 2.38. The van der Waals surface area contributed by atoms with Gasteiger partial charge in [-0.2, -0.15) is 0 Å². The molecule has 1 fully saturated rings. The minimum atomic E-state index is 0.126. The molecule has 0 amide bonds. The molecule has 0 atom stereocenters. The van der Waals surface area contributed by atoms with E-state index in [1.165, 1.54) is 19.3 Å². The first-order chi connectivity index (χ1) is 7.33. The zero-order valence-corrected chi connectivity index (χ0v) is 11.5. The Balaban J connectivity index is 2.99. The maximum absolute atomic E-state index is 4.71. The van der Waals surface area contributed by atoms with Gasteiger partial charge in [-0.1, -0.05) is 0 Å². The van der Waals surface area contributed by atoms with Gasteiger partial charge in [-0.3, -0.25) is 5.01 Å². The Morgan fingerprint density at radius 1 is 1.00 bits per heavy atom. The molecule has 2 N–H and O–H groups in total. The number of piperidine rings is 1. The number of nitrogens with zero attached hydrogens (tertiary/aromatic N) is 2. The molecular formula is C12H26N4. The maximum atomic E-state index is 4.71. The number of hydrogen-bond donors (Lipinski definition) is 2. The fourth-order valence-corrected chi connectivity index (χ4v) is 2.58. The van der Waals surface area contributed by atoms with Gasteiger partial charge in [0.25, 0.3) is 0 Å². The molecule has 1 rings (SSSR count). The van der Waals surface area contributed by atoms with Gasteiger partial charge < -0.3 is 10.6 Å². The molecule has 0 saturated carbocycles. The lowest BCUT2D eigenvalue weighted by Gasteiger charge is -2.51. The average Bonchev–Trinajstić information content (AvgIpc) is 2.16. The highest BCUT2D eigenvalue weighted by Gasteiger charge is 2.40. The van der Waals surface area contributed by atoms with E-state index >= 15 is 0 Å². The molecule has 0 unspecified atom stereocenters. The van der Waals surface area contributed by atoms with Crippen LogP contribution in [0.4, 0.5) is 0 Å². The Hall–Kier alpha value is -0.930. The first kappa shape index (κ1) is 13.1. The smallest absolute Gasteiger partial charge is 0.213 e. The fourth-order valence-electron chi connectivity index (χ4n) is 2.58. The number of nitrogens with one attached hydrogen (secondary N) is 2. The van der Waals surface area contributed by atoms with Gasteiger partial charge in [0.15, 0.2) is 0 Å². The monoisotopic (exact) mass is 226 g/mol. The van der Waals surface area contributed by atoms with Crippen LogP contribution in [0.3, 0.4) is 0 Å². The van der Waals surface area contributed by atoms with E-state index in [1.54, 1.807) is 0 Å². The van der Waals surface area contributed by atoms with E-state index < -0.39 is 0 Å². The predicted octanol–water partition coefficient (Wildman–Crippen LogP) is 1.74. The second-order valence-corrected chi connectivity index (χ2v) is 5.74. The number of rotatable bonds is 1. The first-order valence-corrected chi connectivity index (χ1v) is 6.08. The third-order valence-corrected chi connectivity index (χ3v) is 3.40. The van der Waals surface area contributed by atoms with Crippen molar-refractivity contribution in [1.82, 2.24) is 15.6 Å². The molecule has 1 saturated heterocycles. The molecule has 16 heavy (non-hydrogen) atoms. The van der Waals surface area contributed by atoms with Crippen LogP contribution in [-0.2, 0) is 0 Å². The summed E-state index contributed by atoms with van der Waals surface area (Å²) in [5, 5.41) is 13.1. The summed E-state index contributed by atoms with van der Waals surface area (Å²) in [4.78, 5) is 0. The SMILES string of the molecule is CNC(=NN1C(C)(C)CCCC1(C)C)NC. The van der Waals surface area contributed by atoms with Gasteiger partial charge in [-0.25, -0.2) is 0 Å². The van der Waals surface area contributed by atoms with E-state index in [4.69, 9.17) is 5.10 Å². The Morgan fingerprint density at radius 2 is 1.44 bits per heavy atom. The summed E-state index contributed by atoms with van der Waals surface area (Å²) in [5.41, 5.74) is 0.251. The highest BCUT2D eigenvalue weighted by molar-refractivity contribution is 5.78. The van der Waals surface area contributed by atoms with Crippen LogP contribution in [-0.4, -0.2) is 36.1 Å². The molecule has 0 aromatic carbocycles. The Kier molecular flexibility index (Phi) is 3.71. The summed E-state index contributed by atoms with van der Waals surface area (Å²) >= 11 is 0. The topological polar surface area (TPSA) is 39.7 Å². The van der Waals surface area contributed by atoms with Crippen molar-refractivity contribution in [1.29, 1.82) is 0 Å². The largest absolute Gasteiger partial charge is 0.358 e. The Labute approximate surface area is 99.5 Å². The van der Waals surface area contributed by atoms with Crippen molar-refractivity contribution >= 4 is 5.96 Å². The number of guanidine groups is 1. The third-order valence-electron chi connectivity index (χ3n) is 3.40. The van der Waals surface area contributed by atoms with Crippen LogP contribution in [0.1, 0.15) is 47.0 Å². The first-order valence-electron chi connectivity index (χ1n) is 6.08. The van der Waals surface area contributed by atoms with Crippen LogP contribution in [0.2, 0.25) is 0 Å². The minimum absolute atomic E-state index is 0.126. The summed E-state index contributed by atoms with van der Waals surface area (Å²) in [6.07, 6.45) is 3.67. The van der Waals surface area contributed by atoms with E-state index in [0.29, 0.717) is 0 Å². The van der Waals surface area contributed by atoms with Crippen molar-refractivity contribution in [2.75, 3.05) is 14.1 Å². The summed E-state index contributed by atoms with van der Waals surface area (Å²) in [6, 6.07) is 0. The third kappa shape index (κ3) is 2.60. The van der Waals surface area contributed by atoms with Gasteiger partial charge in [-0.05, 0) is 47.0 Å². The molecule has 0 spiro atoms. The quantitative estimate of drug-likeness (QED) is 0.528. The maximum Gasteiger partial charge on any atom is 0.213 e. The van der Waals surface area contributed by atoms with Crippen LogP contribution in [0.5, 0.6) is 0 Å². The predicted molar refractivity (Wildman–Crippen MR) is 69.4 cm³/mol. The molecule has 1 aliphatic heterocycles. The van der Waals surface area contributed by atoms with E-state index in [-0.39, 0.29) is 11.1 Å². The highest BCUT2D eigenvalue weighted by atomic mass is 15.6. The average molecular weight is 226 g/mol. The van der Waals surface area contributed by atoms with Gasteiger partial charge in [-0.15, -0.1) is 5.10 Å². The summed E-state index contributed by atoms with van der Waals surface area (Å²) < 4.78 is 0. The van der Waals surface area contributed by atoms with Gasteiger partial charge in [0.2, 0.25) is 5.96 Å². The van der Waals surface area contributed by atoms with E-state index in [1.807, 2.05) is 14.1 Å². The zero-order valence-electron chi connectivity index (χ0n) is 11.5. The van der Waals surface area contributed by atoms with Crippen molar-refractivity contribution in [3.8, 4) is 0 Å². The molecule has 1 aliphatic rings. The number of hydrogen-bond acceptors (Lipinski definition) is 2. The van der Waals surface area contributed by atoms with Gasteiger partial charge in [0.1, 0.15) is 0 Å². The molecular weight excluding hydrogens is 200 g/mol. The molecule has 0 radical (unpaired) electrons. The van der Waals surface area contributed by atoms with E-state index in [2.05, 4.69) is 43.3 Å². The van der Waals surface area contributed by atoms with Crippen LogP contribution < -0.4 is 10.6 Å². The molecule has 4 nitrogen and oxygen atoms in total. The molecule has 1 heterocycles. The standard InChI is InChI=1S/C12H26N4/c1-11(2)8-7-9-12(3,4)16(11)15-10(13-5)14-6/h7-9H2,1-6H3,(H2,13,14,15). The van der Waals surface area contributed by atoms with Crippen molar-refractivity contribution in [3.63, 3.8) is 0 Å². The van der Waals surface area contributed by atoms with Gasteiger partial charge in [0, 0.05) is 14.1 Å². The van der Waals surface area contributed by atoms with Gasteiger partial charge >= 0.3 is 0 Å². The van der Waals surface area contributed by atoms with Crippen molar-refractivity contribution < 1.29 is 0 Å². The molecule has 0 aromatic heterocycles. The number of hydrazone groups is 1. The molecule has 0 aromatic rings. The van der Waals surface area contributed by atoms with Crippen molar-refractivity contribution in [2.45, 2.75) is 58.0 Å². The lowest BCUT2D eigenvalue weighted by molar-refractivity contribution is -0.0253. The molecule has 0 aliphatic carbocycles. The molecule has 0 bridgehead atoms. The van der Waals surface area contributed by atoms with Crippen molar-refractivity contribution in [2.24, 2.45) is 5.10 Å². The lowest BCUT2D eigenvalue weighted by Crippen LogP contribution is -2.56. The van der Waals surface area contributed by atoms with Crippen LogP contribution in [0.25, 0.3) is 0 Å². The van der Waals surface area contributed by atoms with Crippen LogP contribution >= 0.6 is 0 Å². The normalized spacial score (nSPS) is 22.5. The molecule has 94 valence electrons. The fraction of sp³-hybridized carbons (Fsp3) is 0.917. The summed E-state index contributed by atoms with van der Waals surface area (Å²) in [6.45, 7) is 9.06. The second kappa shape index (κ2) is 4.52. The Morgan fingerprint density at radius 3 is 1.81 bits per heavy atom. The minimum Gasteiger partial charge on any atom is -0.358 e. The van der Waals surface area contributed by atoms with Crippen LogP contribution in [0.15, 0.2) is 5.10 Å². The van der Waals surface area contributed by atoms with Gasteiger partial charge in [0.05, 0.1) is 11.1 Å². The van der Waals surface area contributed by atoms with Crippen LogP contribution in [0, 0.1) is 0 Å². The second-order valence-electron chi connectivity index (χ2n) is 5.74. The van der Waals surface area contributed by atoms with E-state index in [0.717, 1.165) is 5.96 Å². The van der Waals surface area contributed by atoms with E-state index in [9.17, 15) is 0 Å². The summed E-state index contributed by atoms with van der Waals surface area (Å²) in [7, 11) is 3.78. The summed E-state index contributed by atoms with van der Waals surface area (Å²) in [5.74, 6) is 0.822. The lowest BCUT2D eigenvalue weighted by atomic mass is 9.82. The molecule has 4 heteroatoms. The Bertz CT molecular complexity index is 246.